The highest BCUT2D eigenvalue weighted by molar-refractivity contribution is 5.97. The first-order chi connectivity index (χ1) is 10.5. The van der Waals surface area contributed by atoms with E-state index in [9.17, 15) is 4.79 Å². The Bertz CT molecular complexity index is 487. The lowest BCUT2D eigenvalue weighted by Crippen LogP contribution is -2.41. The summed E-state index contributed by atoms with van der Waals surface area (Å²) in [6.07, 6.45) is 3.68. The molecule has 1 aromatic rings. The van der Waals surface area contributed by atoms with E-state index >= 15 is 0 Å². The van der Waals surface area contributed by atoms with Crippen molar-refractivity contribution in [2.45, 2.75) is 59.0 Å². The number of nitrogens with one attached hydrogen (secondary N) is 1. The zero-order chi connectivity index (χ0) is 16.6. The first-order valence-electron chi connectivity index (χ1n) is 8.07. The third-order valence-corrected chi connectivity index (χ3v) is 3.83. The molecule has 0 spiro atoms. The van der Waals surface area contributed by atoms with Crippen molar-refractivity contribution in [2.24, 2.45) is 0 Å². The van der Waals surface area contributed by atoms with E-state index in [1.165, 1.54) is 0 Å². The average Bonchev–Trinajstić information content (AvgIpc) is 2.51. The second-order valence-electron chi connectivity index (χ2n) is 5.82. The van der Waals surface area contributed by atoms with Crippen LogP contribution in [0.5, 0.6) is 5.75 Å². The van der Waals surface area contributed by atoms with Gasteiger partial charge in [0, 0.05) is 12.8 Å². The first-order valence-corrected chi connectivity index (χ1v) is 8.07. The van der Waals surface area contributed by atoms with Crippen molar-refractivity contribution in [1.82, 2.24) is 0 Å². The van der Waals surface area contributed by atoms with Gasteiger partial charge in [0.25, 0.3) is 5.91 Å². The highest BCUT2D eigenvalue weighted by atomic mass is 16.5. The van der Waals surface area contributed by atoms with Crippen molar-refractivity contribution >= 4 is 11.6 Å². The highest BCUT2D eigenvalue weighted by Gasteiger charge is 2.32. The van der Waals surface area contributed by atoms with Gasteiger partial charge in [-0.1, -0.05) is 26.7 Å². The molecule has 0 radical (unpaired) electrons. The first kappa shape index (κ1) is 18.5. The Morgan fingerprint density at radius 1 is 1.27 bits per heavy atom. The molecule has 124 valence electrons. The van der Waals surface area contributed by atoms with Crippen LogP contribution in [0, 0.1) is 6.92 Å². The number of benzene rings is 1. The fourth-order valence-electron chi connectivity index (χ4n) is 2.19. The van der Waals surface area contributed by atoms with Crippen LogP contribution in [0.25, 0.3) is 0 Å². The summed E-state index contributed by atoms with van der Waals surface area (Å²) in [4.78, 5) is 12.5. The van der Waals surface area contributed by atoms with Gasteiger partial charge in [-0.2, -0.15) is 0 Å². The van der Waals surface area contributed by atoms with Crippen LogP contribution in [0.1, 0.15) is 52.0 Å². The van der Waals surface area contributed by atoms with Crippen molar-refractivity contribution in [1.29, 1.82) is 0 Å². The summed E-state index contributed by atoms with van der Waals surface area (Å²) in [6.45, 7) is 8.69. The van der Waals surface area contributed by atoms with Gasteiger partial charge in [0.15, 0.2) is 0 Å². The van der Waals surface area contributed by atoms with Crippen LogP contribution in [0.2, 0.25) is 0 Å². The van der Waals surface area contributed by atoms with Gasteiger partial charge in [-0.05, 0) is 50.5 Å². The normalized spacial score (nSPS) is 13.5. The third-order valence-electron chi connectivity index (χ3n) is 3.83. The zero-order valence-corrected chi connectivity index (χ0v) is 14.5. The molecular formula is C18H29NO3. The molecule has 0 heterocycles. The Morgan fingerprint density at radius 2 is 2.00 bits per heavy atom. The molecule has 0 fully saturated rings. The maximum Gasteiger partial charge on any atom is 0.256 e. The lowest BCUT2D eigenvalue weighted by molar-refractivity contribution is -0.136. The maximum absolute atomic E-state index is 12.5. The molecule has 1 aromatic carbocycles. The molecule has 22 heavy (non-hydrogen) atoms. The van der Waals surface area contributed by atoms with E-state index < -0.39 is 5.60 Å². The zero-order valence-electron chi connectivity index (χ0n) is 14.5. The lowest BCUT2D eigenvalue weighted by atomic mass is 9.97. The standard InChI is InChI=1S/C18H29NO3/c1-6-8-11-18(4,21-5)17(20)19-15-9-10-16(14(3)13-15)22-12-7-2/h9-10,13H,6-8,11-12H2,1-5H3,(H,19,20)/t18-/m1/s1. The largest absolute Gasteiger partial charge is 0.493 e. The Balaban J connectivity index is 2.76. The van der Waals surface area contributed by atoms with E-state index in [1.807, 2.05) is 32.0 Å². The number of hydrogen-bond acceptors (Lipinski definition) is 3. The summed E-state index contributed by atoms with van der Waals surface area (Å²) in [5.74, 6) is 0.755. The molecule has 0 saturated heterocycles. The van der Waals surface area contributed by atoms with Gasteiger partial charge in [-0.15, -0.1) is 0 Å². The molecule has 0 saturated carbocycles. The molecule has 4 nitrogen and oxygen atoms in total. The molecule has 1 rings (SSSR count). The Hall–Kier alpha value is -1.55. The number of anilines is 1. The number of carbonyl (C=O) groups is 1. The summed E-state index contributed by atoms with van der Waals surface area (Å²) < 4.78 is 11.1. The number of ether oxygens (including phenoxy) is 2. The van der Waals surface area contributed by atoms with E-state index in [0.717, 1.165) is 36.3 Å². The highest BCUT2D eigenvalue weighted by Crippen LogP contribution is 2.25. The molecule has 0 unspecified atom stereocenters. The van der Waals surface area contributed by atoms with Gasteiger partial charge < -0.3 is 14.8 Å². The second kappa shape index (κ2) is 8.79. The van der Waals surface area contributed by atoms with Crippen LogP contribution < -0.4 is 10.1 Å². The molecule has 0 aliphatic heterocycles. The molecule has 0 bridgehead atoms. The van der Waals surface area contributed by atoms with Crippen LogP contribution in [0.3, 0.4) is 0 Å². The smallest absolute Gasteiger partial charge is 0.256 e. The summed E-state index contributed by atoms with van der Waals surface area (Å²) in [7, 11) is 1.59. The van der Waals surface area contributed by atoms with Gasteiger partial charge >= 0.3 is 0 Å². The number of aryl methyl sites for hydroxylation is 1. The van der Waals surface area contributed by atoms with Crippen molar-refractivity contribution in [3.8, 4) is 5.75 Å². The molecule has 4 heteroatoms. The van der Waals surface area contributed by atoms with Crippen LogP contribution >= 0.6 is 0 Å². The topological polar surface area (TPSA) is 47.6 Å². The van der Waals surface area contributed by atoms with Crippen LogP contribution in [0.4, 0.5) is 5.69 Å². The average molecular weight is 307 g/mol. The fourth-order valence-corrected chi connectivity index (χ4v) is 2.19. The molecule has 0 aromatic heterocycles. The summed E-state index contributed by atoms with van der Waals surface area (Å²) in [6, 6.07) is 5.70. The number of hydrogen-bond donors (Lipinski definition) is 1. The van der Waals surface area contributed by atoms with E-state index in [2.05, 4.69) is 19.2 Å². The van der Waals surface area contributed by atoms with Crippen LogP contribution in [-0.2, 0) is 9.53 Å². The second-order valence-corrected chi connectivity index (χ2v) is 5.82. The number of carbonyl (C=O) groups excluding carboxylic acids is 1. The number of rotatable bonds is 9. The minimum atomic E-state index is -0.790. The third kappa shape index (κ3) is 5.02. The van der Waals surface area contributed by atoms with Gasteiger partial charge in [0.2, 0.25) is 0 Å². The minimum absolute atomic E-state index is 0.106. The fraction of sp³-hybridized carbons (Fsp3) is 0.611. The van der Waals surface area contributed by atoms with Gasteiger partial charge in [-0.3, -0.25) is 4.79 Å². The monoisotopic (exact) mass is 307 g/mol. The summed E-state index contributed by atoms with van der Waals surface area (Å²) in [5.41, 5.74) is 0.992. The van der Waals surface area contributed by atoms with Crippen molar-refractivity contribution in [3.05, 3.63) is 23.8 Å². The van der Waals surface area contributed by atoms with Gasteiger partial charge in [0.1, 0.15) is 11.4 Å². The van der Waals surface area contributed by atoms with Crippen molar-refractivity contribution in [3.63, 3.8) is 0 Å². The molecular weight excluding hydrogens is 278 g/mol. The SMILES string of the molecule is CCCC[C@@](C)(OC)C(=O)Nc1ccc(OCCC)c(C)c1. The van der Waals surface area contributed by atoms with E-state index in [0.29, 0.717) is 13.0 Å². The minimum Gasteiger partial charge on any atom is -0.493 e. The maximum atomic E-state index is 12.5. The number of methoxy groups -OCH3 is 1. The summed E-state index contributed by atoms with van der Waals surface area (Å²) in [5, 5.41) is 2.95. The summed E-state index contributed by atoms with van der Waals surface area (Å²) >= 11 is 0. The Kier molecular flexibility index (Phi) is 7.39. The quantitative estimate of drug-likeness (QED) is 0.739. The lowest BCUT2D eigenvalue weighted by Gasteiger charge is -2.27. The Morgan fingerprint density at radius 3 is 2.55 bits per heavy atom. The molecule has 1 amide bonds. The van der Waals surface area contributed by atoms with E-state index in [4.69, 9.17) is 9.47 Å². The number of amides is 1. The predicted molar refractivity (Wildman–Crippen MR) is 90.5 cm³/mol. The van der Waals surface area contributed by atoms with E-state index in [-0.39, 0.29) is 5.91 Å². The van der Waals surface area contributed by atoms with Crippen molar-refractivity contribution in [2.75, 3.05) is 19.0 Å². The molecule has 0 aliphatic rings. The van der Waals surface area contributed by atoms with Gasteiger partial charge in [-0.25, -0.2) is 0 Å². The van der Waals surface area contributed by atoms with E-state index in [1.54, 1.807) is 7.11 Å². The molecule has 1 atom stereocenters. The van der Waals surface area contributed by atoms with Crippen molar-refractivity contribution < 1.29 is 14.3 Å². The Labute approximate surface area is 134 Å². The number of unbranched alkanes of at least 4 members (excludes halogenated alkanes) is 1. The molecule has 0 aliphatic carbocycles. The van der Waals surface area contributed by atoms with Crippen LogP contribution in [0.15, 0.2) is 18.2 Å². The van der Waals surface area contributed by atoms with Gasteiger partial charge in [0.05, 0.1) is 6.61 Å². The van der Waals surface area contributed by atoms with Crippen LogP contribution in [-0.4, -0.2) is 25.2 Å². The predicted octanol–water partition coefficient (Wildman–Crippen LogP) is 4.32. The molecule has 1 N–H and O–H groups in total.